The van der Waals surface area contributed by atoms with Crippen LogP contribution in [0, 0.1) is 5.92 Å². The summed E-state index contributed by atoms with van der Waals surface area (Å²) >= 11 is 0. The van der Waals surface area contributed by atoms with Crippen LogP contribution in [-0.2, 0) is 0 Å². The van der Waals surface area contributed by atoms with Crippen LogP contribution in [-0.4, -0.2) is 38.9 Å². The lowest BCUT2D eigenvalue weighted by molar-refractivity contribution is 0.284. The third-order valence-electron chi connectivity index (χ3n) is 5.23. The van der Waals surface area contributed by atoms with Gasteiger partial charge in [-0.05, 0) is 19.9 Å². The summed E-state index contributed by atoms with van der Waals surface area (Å²) in [5.74, 6) is 0.375. The number of fused-ring (bicyclic) bond motifs is 1. The van der Waals surface area contributed by atoms with Crippen molar-refractivity contribution < 1.29 is 0 Å². The van der Waals surface area contributed by atoms with Gasteiger partial charge in [-0.1, -0.05) is 42.4 Å². The van der Waals surface area contributed by atoms with E-state index >= 15 is 0 Å². The third-order valence-corrected chi connectivity index (χ3v) is 5.23. The van der Waals surface area contributed by atoms with Gasteiger partial charge >= 0.3 is 0 Å². The summed E-state index contributed by atoms with van der Waals surface area (Å²) in [5, 5.41) is 0. The van der Waals surface area contributed by atoms with Gasteiger partial charge in [-0.3, -0.25) is 4.99 Å². The van der Waals surface area contributed by atoms with E-state index in [1.165, 1.54) is 16.8 Å². The Hall–Kier alpha value is -2.36. The smallest absolute Gasteiger partial charge is 0.0989 e. The minimum atomic E-state index is 0.252. The van der Waals surface area contributed by atoms with Crippen LogP contribution >= 0.6 is 0 Å². The van der Waals surface area contributed by atoms with Crippen LogP contribution in [0.3, 0.4) is 0 Å². The second kappa shape index (κ2) is 5.37. The summed E-state index contributed by atoms with van der Waals surface area (Å²) in [4.78, 5) is 11.3. The summed E-state index contributed by atoms with van der Waals surface area (Å²) in [6.45, 7) is 6.64. The van der Waals surface area contributed by atoms with Gasteiger partial charge in [-0.15, -0.1) is 0 Å². The van der Waals surface area contributed by atoms with Crippen LogP contribution in [0.5, 0.6) is 0 Å². The lowest BCUT2D eigenvalue weighted by Gasteiger charge is -2.38. The predicted octanol–water partition coefficient (Wildman–Crippen LogP) is 3.29. The summed E-state index contributed by atoms with van der Waals surface area (Å²) < 4.78 is 2.11. The molecule has 0 bridgehead atoms. The van der Waals surface area contributed by atoms with Crippen molar-refractivity contribution in [1.29, 1.82) is 0 Å². The Morgan fingerprint density at radius 2 is 1.91 bits per heavy atom. The summed E-state index contributed by atoms with van der Waals surface area (Å²) in [6.07, 6.45) is 19.0. The minimum Gasteiger partial charge on any atom is -0.347 e. The first-order valence-electron chi connectivity index (χ1n) is 8.20. The molecule has 3 aliphatic rings. The highest BCUT2D eigenvalue weighted by atomic mass is 15.3. The number of rotatable bonds is 2. The van der Waals surface area contributed by atoms with Gasteiger partial charge in [0.1, 0.15) is 0 Å². The molecule has 2 heterocycles. The predicted molar refractivity (Wildman–Crippen MR) is 94.0 cm³/mol. The van der Waals surface area contributed by atoms with E-state index in [0.29, 0.717) is 18.0 Å². The summed E-state index contributed by atoms with van der Waals surface area (Å²) in [5.41, 5.74) is 3.98. The lowest BCUT2D eigenvalue weighted by atomic mass is 9.88. The van der Waals surface area contributed by atoms with Gasteiger partial charge in [-0.25, -0.2) is 4.98 Å². The number of aliphatic imine (C=N–C) groups is 1. The fourth-order valence-electron chi connectivity index (χ4n) is 3.72. The normalized spacial score (nSPS) is 32.5. The number of hydrogen-bond acceptors (Lipinski definition) is 3. The topological polar surface area (TPSA) is 33.4 Å². The fraction of sp³-hybridized carbons (Fsp3) is 0.368. The molecule has 4 atom stereocenters. The van der Waals surface area contributed by atoms with Gasteiger partial charge < -0.3 is 9.47 Å². The van der Waals surface area contributed by atoms with Crippen LogP contribution in [0.25, 0.3) is 5.70 Å². The largest absolute Gasteiger partial charge is 0.347 e. The van der Waals surface area contributed by atoms with Crippen LogP contribution < -0.4 is 0 Å². The highest BCUT2D eigenvalue weighted by molar-refractivity contribution is 5.65. The highest BCUT2D eigenvalue weighted by Gasteiger charge is 2.37. The van der Waals surface area contributed by atoms with Crippen molar-refractivity contribution in [1.82, 2.24) is 14.5 Å². The zero-order valence-electron chi connectivity index (χ0n) is 13.8. The van der Waals surface area contributed by atoms with Gasteiger partial charge in [0.15, 0.2) is 0 Å². The molecule has 1 aromatic rings. The van der Waals surface area contributed by atoms with E-state index in [9.17, 15) is 0 Å². The Bertz CT molecular complexity index is 748. The number of imidazole rings is 1. The lowest BCUT2D eigenvalue weighted by Crippen LogP contribution is -2.46. The molecular formula is C19H22N4. The van der Waals surface area contributed by atoms with Crippen LogP contribution in [0.15, 0.2) is 65.2 Å². The summed E-state index contributed by atoms with van der Waals surface area (Å²) in [6, 6.07) is 0.895. The molecule has 0 saturated carbocycles. The standard InChI is InChI=1S/C19H22N4/c1-13-9-16-19(10-14(13)2)23(12-21-16)18-6-4-5-17(15(18)3)22-8-7-20-11-22/h4-12,15-16,18-19H,1-3H3. The van der Waals surface area contributed by atoms with Crippen molar-refractivity contribution in [3.05, 3.63) is 60.2 Å². The van der Waals surface area contributed by atoms with E-state index in [-0.39, 0.29) is 6.04 Å². The van der Waals surface area contributed by atoms with Crippen LogP contribution in [0.4, 0.5) is 0 Å². The molecule has 0 spiro atoms. The molecule has 1 aromatic heterocycles. The SMILES string of the molecule is CC1=CC2N=CN(C3C=CC=C(n4ccnc4)C3C)C2C=C1C. The number of allylic oxidation sites excluding steroid dienone is 4. The quantitative estimate of drug-likeness (QED) is 0.840. The molecule has 4 unspecified atom stereocenters. The van der Waals surface area contributed by atoms with Gasteiger partial charge in [-0.2, -0.15) is 0 Å². The Morgan fingerprint density at radius 3 is 2.70 bits per heavy atom. The van der Waals surface area contributed by atoms with Crippen LogP contribution in [0.1, 0.15) is 20.8 Å². The Kier molecular flexibility index (Phi) is 3.33. The molecule has 0 N–H and O–H groups in total. The molecule has 4 heteroatoms. The van der Waals surface area contributed by atoms with E-state index in [4.69, 9.17) is 4.99 Å². The molecule has 0 amide bonds. The molecule has 1 aliphatic heterocycles. The van der Waals surface area contributed by atoms with E-state index < -0.39 is 0 Å². The number of hydrogen-bond donors (Lipinski definition) is 0. The summed E-state index contributed by atoms with van der Waals surface area (Å²) in [7, 11) is 0. The molecule has 0 fully saturated rings. The van der Waals surface area contributed by atoms with Crippen molar-refractivity contribution in [2.75, 3.05) is 0 Å². The highest BCUT2D eigenvalue weighted by Crippen LogP contribution is 2.34. The zero-order valence-corrected chi connectivity index (χ0v) is 13.8. The Morgan fingerprint density at radius 1 is 1.09 bits per heavy atom. The second-order valence-electron chi connectivity index (χ2n) is 6.62. The average Bonchev–Trinajstić information content (AvgIpc) is 3.18. The van der Waals surface area contributed by atoms with Gasteiger partial charge in [0.2, 0.25) is 0 Å². The number of nitrogens with zero attached hydrogens (tertiary/aromatic N) is 4. The van der Waals surface area contributed by atoms with Crippen LogP contribution in [0.2, 0.25) is 0 Å². The molecule has 4 nitrogen and oxygen atoms in total. The molecule has 118 valence electrons. The zero-order chi connectivity index (χ0) is 16.0. The molecule has 0 aromatic carbocycles. The van der Waals surface area contributed by atoms with Crippen molar-refractivity contribution in [3.8, 4) is 0 Å². The third kappa shape index (κ3) is 2.29. The number of aromatic nitrogens is 2. The second-order valence-corrected chi connectivity index (χ2v) is 6.62. The maximum atomic E-state index is 4.73. The molecule has 4 rings (SSSR count). The maximum absolute atomic E-state index is 4.73. The average molecular weight is 306 g/mol. The van der Waals surface area contributed by atoms with Crippen molar-refractivity contribution in [2.24, 2.45) is 10.9 Å². The van der Waals surface area contributed by atoms with Crippen molar-refractivity contribution >= 4 is 12.0 Å². The van der Waals surface area contributed by atoms with E-state index in [2.05, 4.69) is 65.6 Å². The van der Waals surface area contributed by atoms with E-state index in [0.717, 1.165) is 0 Å². The Labute approximate surface area is 137 Å². The first kappa shape index (κ1) is 14.2. The molecular weight excluding hydrogens is 284 g/mol. The monoisotopic (exact) mass is 306 g/mol. The Balaban J connectivity index is 1.62. The molecule has 0 radical (unpaired) electrons. The first-order chi connectivity index (χ1) is 11.1. The van der Waals surface area contributed by atoms with Crippen molar-refractivity contribution in [2.45, 2.75) is 38.9 Å². The van der Waals surface area contributed by atoms with E-state index in [1.807, 2.05) is 25.1 Å². The van der Waals surface area contributed by atoms with Gasteiger partial charge in [0, 0.05) is 24.0 Å². The maximum Gasteiger partial charge on any atom is 0.0989 e. The fourth-order valence-corrected chi connectivity index (χ4v) is 3.72. The first-order valence-corrected chi connectivity index (χ1v) is 8.20. The van der Waals surface area contributed by atoms with Crippen molar-refractivity contribution in [3.63, 3.8) is 0 Å². The molecule has 0 saturated heterocycles. The molecule has 23 heavy (non-hydrogen) atoms. The molecule has 2 aliphatic carbocycles. The van der Waals surface area contributed by atoms with E-state index in [1.54, 1.807) is 0 Å². The minimum absolute atomic E-state index is 0.252. The van der Waals surface area contributed by atoms with Gasteiger partial charge in [0.25, 0.3) is 0 Å². The van der Waals surface area contributed by atoms with Gasteiger partial charge in [0.05, 0.1) is 30.8 Å².